The summed E-state index contributed by atoms with van der Waals surface area (Å²) in [6, 6.07) is 2.42. The van der Waals surface area contributed by atoms with E-state index in [0.717, 1.165) is 17.8 Å². The van der Waals surface area contributed by atoms with E-state index in [9.17, 15) is 0 Å². The Bertz CT molecular complexity index is 436. The first-order chi connectivity index (χ1) is 9.09. The Labute approximate surface area is 115 Å². The lowest BCUT2D eigenvalue weighted by molar-refractivity contribution is 0.535. The number of amidine groups is 1. The van der Waals surface area contributed by atoms with Gasteiger partial charge in [-0.3, -0.25) is 10.4 Å². The van der Waals surface area contributed by atoms with Gasteiger partial charge in [0.2, 0.25) is 0 Å². The highest BCUT2D eigenvalue weighted by molar-refractivity contribution is 6.00. The molecule has 1 aliphatic carbocycles. The molecule has 1 aromatic rings. The van der Waals surface area contributed by atoms with E-state index in [4.69, 9.17) is 11.1 Å². The predicted octanol–water partition coefficient (Wildman–Crippen LogP) is 2.77. The highest BCUT2D eigenvalue weighted by atomic mass is 15.2. The summed E-state index contributed by atoms with van der Waals surface area (Å²) in [5.41, 5.74) is 7.54. The van der Waals surface area contributed by atoms with Gasteiger partial charge in [0.25, 0.3) is 0 Å². The van der Waals surface area contributed by atoms with Crippen molar-refractivity contribution in [3.63, 3.8) is 0 Å². The molecule has 1 fully saturated rings. The first kappa shape index (κ1) is 13.8. The minimum Gasteiger partial charge on any atom is -0.384 e. The number of hydrogen-bond donors (Lipinski definition) is 2. The van der Waals surface area contributed by atoms with Crippen LogP contribution in [-0.2, 0) is 0 Å². The van der Waals surface area contributed by atoms with Crippen molar-refractivity contribution < 1.29 is 0 Å². The molecule has 19 heavy (non-hydrogen) atoms. The van der Waals surface area contributed by atoms with Crippen LogP contribution in [0.3, 0.4) is 0 Å². The van der Waals surface area contributed by atoms with E-state index >= 15 is 0 Å². The molecule has 1 aromatic heterocycles. The van der Waals surface area contributed by atoms with Gasteiger partial charge in [0.1, 0.15) is 5.84 Å². The Hall–Kier alpha value is -1.58. The maximum Gasteiger partial charge on any atom is 0.125 e. The van der Waals surface area contributed by atoms with Gasteiger partial charge in [0, 0.05) is 24.3 Å². The molecular weight excluding hydrogens is 236 g/mol. The summed E-state index contributed by atoms with van der Waals surface area (Å²) < 4.78 is 0. The number of nitrogens with two attached hydrogens (primary N) is 1. The number of rotatable bonds is 5. The van der Waals surface area contributed by atoms with Crippen molar-refractivity contribution in [2.24, 2.45) is 11.7 Å². The largest absolute Gasteiger partial charge is 0.384 e. The van der Waals surface area contributed by atoms with Crippen molar-refractivity contribution in [3.05, 3.63) is 24.0 Å². The number of nitrogens with zero attached hydrogens (tertiary/aromatic N) is 2. The first-order valence-corrected chi connectivity index (χ1v) is 7.14. The minimum absolute atomic E-state index is 0.129. The Morgan fingerprint density at radius 2 is 2.16 bits per heavy atom. The molecule has 0 saturated heterocycles. The zero-order valence-corrected chi connectivity index (χ0v) is 11.9. The molecule has 3 N–H and O–H groups in total. The summed E-state index contributed by atoms with van der Waals surface area (Å²) >= 11 is 0. The van der Waals surface area contributed by atoms with E-state index in [1.54, 1.807) is 6.20 Å². The van der Waals surface area contributed by atoms with Crippen molar-refractivity contribution in [1.82, 2.24) is 4.98 Å². The van der Waals surface area contributed by atoms with E-state index < -0.39 is 0 Å². The molecule has 0 aliphatic heterocycles. The van der Waals surface area contributed by atoms with Gasteiger partial charge in [-0.05, 0) is 24.8 Å². The summed E-state index contributed by atoms with van der Waals surface area (Å²) in [5, 5.41) is 7.75. The third-order valence-electron chi connectivity index (χ3n) is 3.73. The molecule has 1 saturated carbocycles. The zero-order valence-electron chi connectivity index (χ0n) is 11.9. The lowest BCUT2D eigenvalue weighted by atomic mass is 10.1. The van der Waals surface area contributed by atoms with Crippen molar-refractivity contribution >= 4 is 11.5 Å². The first-order valence-electron chi connectivity index (χ1n) is 7.14. The van der Waals surface area contributed by atoms with E-state index in [2.05, 4.69) is 23.7 Å². The molecule has 0 aromatic carbocycles. The number of anilines is 1. The number of nitrogen functional groups attached to an aromatic ring is 1. The molecule has 1 heterocycles. The van der Waals surface area contributed by atoms with Gasteiger partial charge in [-0.25, -0.2) is 0 Å². The van der Waals surface area contributed by atoms with Crippen LogP contribution in [0.1, 0.15) is 45.1 Å². The van der Waals surface area contributed by atoms with Crippen LogP contribution in [0.5, 0.6) is 0 Å². The normalized spacial score (nSPS) is 15.9. The molecule has 0 radical (unpaired) electrons. The van der Waals surface area contributed by atoms with Gasteiger partial charge < -0.3 is 10.6 Å². The van der Waals surface area contributed by atoms with Gasteiger partial charge in [0.05, 0.1) is 11.9 Å². The molecule has 1 aliphatic rings. The second-order valence-corrected chi connectivity index (χ2v) is 5.79. The maximum atomic E-state index is 7.75. The van der Waals surface area contributed by atoms with Crippen LogP contribution in [0, 0.1) is 11.3 Å². The Balaban J connectivity index is 2.34. The molecule has 4 nitrogen and oxygen atoms in total. The average Bonchev–Trinajstić information content (AvgIpc) is 2.89. The molecule has 2 rings (SSSR count). The average molecular weight is 260 g/mol. The predicted molar refractivity (Wildman–Crippen MR) is 79.7 cm³/mol. The number of aromatic nitrogens is 1. The number of pyridine rings is 1. The van der Waals surface area contributed by atoms with E-state index in [0.29, 0.717) is 12.0 Å². The monoisotopic (exact) mass is 260 g/mol. The summed E-state index contributed by atoms with van der Waals surface area (Å²) in [7, 11) is 0. The molecule has 0 atom stereocenters. The van der Waals surface area contributed by atoms with Crippen LogP contribution in [-0.4, -0.2) is 23.4 Å². The molecule has 0 spiro atoms. The highest BCUT2D eigenvalue weighted by Crippen LogP contribution is 2.30. The second-order valence-electron chi connectivity index (χ2n) is 5.79. The molecule has 104 valence electrons. The topological polar surface area (TPSA) is 66.0 Å². The summed E-state index contributed by atoms with van der Waals surface area (Å²) in [4.78, 5) is 6.65. The third kappa shape index (κ3) is 3.25. The smallest absolute Gasteiger partial charge is 0.125 e. The SMILES string of the molecule is CC(C)CN(c1cnccc1C(=N)N)C1CCCC1. The Morgan fingerprint density at radius 1 is 1.47 bits per heavy atom. The molecule has 0 bridgehead atoms. The fourth-order valence-corrected chi connectivity index (χ4v) is 2.90. The second kappa shape index (κ2) is 6.04. The third-order valence-corrected chi connectivity index (χ3v) is 3.73. The van der Waals surface area contributed by atoms with Gasteiger partial charge in [-0.1, -0.05) is 26.7 Å². The molecule has 4 heteroatoms. The number of hydrogen-bond acceptors (Lipinski definition) is 3. The minimum atomic E-state index is 0.129. The molecular formula is C15H24N4. The number of nitrogens with one attached hydrogen (secondary N) is 1. The Morgan fingerprint density at radius 3 is 2.74 bits per heavy atom. The Kier molecular flexibility index (Phi) is 4.40. The lowest BCUT2D eigenvalue weighted by Crippen LogP contribution is -2.37. The van der Waals surface area contributed by atoms with Crippen LogP contribution in [0.25, 0.3) is 0 Å². The van der Waals surface area contributed by atoms with E-state index in [1.807, 2.05) is 12.3 Å². The molecule has 0 amide bonds. The van der Waals surface area contributed by atoms with Crippen LogP contribution < -0.4 is 10.6 Å². The van der Waals surface area contributed by atoms with Gasteiger partial charge >= 0.3 is 0 Å². The fraction of sp³-hybridized carbons (Fsp3) is 0.600. The lowest BCUT2D eigenvalue weighted by Gasteiger charge is -2.33. The van der Waals surface area contributed by atoms with Crippen molar-refractivity contribution in [3.8, 4) is 0 Å². The van der Waals surface area contributed by atoms with Crippen molar-refractivity contribution in [2.45, 2.75) is 45.6 Å². The fourth-order valence-electron chi connectivity index (χ4n) is 2.90. The van der Waals surface area contributed by atoms with Crippen LogP contribution in [0.2, 0.25) is 0 Å². The summed E-state index contributed by atoms with van der Waals surface area (Å²) in [6.07, 6.45) is 8.64. The van der Waals surface area contributed by atoms with Crippen molar-refractivity contribution in [1.29, 1.82) is 5.41 Å². The van der Waals surface area contributed by atoms with E-state index in [-0.39, 0.29) is 5.84 Å². The maximum absolute atomic E-state index is 7.75. The zero-order chi connectivity index (χ0) is 13.8. The summed E-state index contributed by atoms with van der Waals surface area (Å²) in [6.45, 7) is 5.45. The highest BCUT2D eigenvalue weighted by Gasteiger charge is 2.25. The summed E-state index contributed by atoms with van der Waals surface area (Å²) in [5.74, 6) is 0.713. The quantitative estimate of drug-likeness (QED) is 0.632. The van der Waals surface area contributed by atoms with Crippen LogP contribution in [0.4, 0.5) is 5.69 Å². The van der Waals surface area contributed by atoms with Crippen LogP contribution in [0.15, 0.2) is 18.5 Å². The van der Waals surface area contributed by atoms with Crippen LogP contribution >= 0.6 is 0 Å². The van der Waals surface area contributed by atoms with Gasteiger partial charge in [-0.2, -0.15) is 0 Å². The van der Waals surface area contributed by atoms with E-state index in [1.165, 1.54) is 25.7 Å². The standard InChI is InChI=1S/C15H24N4/c1-11(2)10-19(12-5-3-4-6-12)14-9-18-8-7-13(14)15(16)17/h7-9,11-12H,3-6,10H2,1-2H3,(H3,16,17). The van der Waals surface area contributed by atoms with Gasteiger partial charge in [0.15, 0.2) is 0 Å². The molecule has 0 unspecified atom stereocenters. The van der Waals surface area contributed by atoms with Crippen molar-refractivity contribution in [2.75, 3.05) is 11.4 Å². The van der Waals surface area contributed by atoms with Gasteiger partial charge in [-0.15, -0.1) is 0 Å².